The van der Waals surface area contributed by atoms with Gasteiger partial charge in [-0.1, -0.05) is 32.1 Å². The van der Waals surface area contributed by atoms with Crippen molar-refractivity contribution in [3.05, 3.63) is 41.0 Å². The number of rotatable bonds is 7. The lowest BCUT2D eigenvalue weighted by atomic mass is 9.75. The van der Waals surface area contributed by atoms with Crippen molar-refractivity contribution in [2.75, 3.05) is 27.3 Å². The van der Waals surface area contributed by atoms with Crippen molar-refractivity contribution in [1.29, 1.82) is 0 Å². The van der Waals surface area contributed by atoms with Crippen molar-refractivity contribution in [3.8, 4) is 0 Å². The van der Waals surface area contributed by atoms with Crippen molar-refractivity contribution in [3.63, 3.8) is 0 Å². The van der Waals surface area contributed by atoms with Crippen LogP contribution in [0.3, 0.4) is 0 Å². The molecule has 2 aliphatic carbocycles. The fourth-order valence-electron chi connectivity index (χ4n) is 4.89. The molecule has 0 aromatic heterocycles. The minimum Gasteiger partial charge on any atom is -0.383 e. The number of methoxy groups -OCH3 is 1. The molecule has 2 N–H and O–H groups in total. The summed E-state index contributed by atoms with van der Waals surface area (Å²) in [4.78, 5) is 14.5. The molecule has 0 aliphatic heterocycles. The minimum absolute atomic E-state index is 0.319. The largest absolute Gasteiger partial charge is 0.383 e. The van der Waals surface area contributed by atoms with Gasteiger partial charge in [-0.25, -0.2) is 0 Å². The highest BCUT2D eigenvalue weighted by atomic mass is 16.5. The Morgan fingerprint density at radius 3 is 2.55 bits per heavy atom. The third-order valence-corrected chi connectivity index (χ3v) is 7.07. The highest BCUT2D eigenvalue weighted by molar-refractivity contribution is 5.98. The van der Waals surface area contributed by atoms with Gasteiger partial charge in [-0.15, -0.1) is 0 Å². The summed E-state index contributed by atoms with van der Waals surface area (Å²) >= 11 is 0. The Kier molecular flexibility index (Phi) is 7.18. The maximum atomic E-state index is 12.1. The predicted molar refractivity (Wildman–Crippen MR) is 120 cm³/mol. The van der Waals surface area contributed by atoms with Crippen LogP contribution in [0.1, 0.15) is 86.2 Å². The van der Waals surface area contributed by atoms with Crippen molar-refractivity contribution in [2.24, 2.45) is 11.1 Å². The average molecular weight is 399 g/mol. The van der Waals surface area contributed by atoms with E-state index in [0.717, 1.165) is 38.0 Å². The third kappa shape index (κ3) is 5.49. The smallest absolute Gasteiger partial charge is 0.249 e. The molecule has 1 fully saturated rings. The fraction of sp³-hybridized carbons (Fsp3) is 0.640. The normalized spacial score (nSPS) is 24.4. The van der Waals surface area contributed by atoms with E-state index in [0.29, 0.717) is 22.9 Å². The quantitative estimate of drug-likeness (QED) is 0.704. The number of carbonyl (C=O) groups excluding carboxylic acids is 1. The Morgan fingerprint density at radius 2 is 1.97 bits per heavy atom. The van der Waals surface area contributed by atoms with Gasteiger partial charge in [-0.05, 0) is 86.1 Å². The number of amides is 1. The molecule has 160 valence electrons. The number of hydrogen-bond donors (Lipinski definition) is 1. The molecule has 0 radical (unpaired) electrons. The maximum Gasteiger partial charge on any atom is 0.249 e. The molecule has 3 rings (SSSR count). The van der Waals surface area contributed by atoms with Crippen molar-refractivity contribution in [1.82, 2.24) is 4.90 Å². The van der Waals surface area contributed by atoms with E-state index < -0.39 is 0 Å². The minimum atomic E-state index is -0.319. The summed E-state index contributed by atoms with van der Waals surface area (Å²) in [6.07, 6.45) is 10.4. The van der Waals surface area contributed by atoms with Gasteiger partial charge in [0.2, 0.25) is 5.91 Å². The molecule has 1 amide bonds. The van der Waals surface area contributed by atoms with Crippen LogP contribution in [-0.4, -0.2) is 44.2 Å². The summed E-state index contributed by atoms with van der Waals surface area (Å²) in [5.41, 5.74) is 10.5. The number of ether oxygens (including phenoxy) is 1. The molecule has 2 aliphatic rings. The standard InChI is InChI=1S/C25H38N2O2/c1-25(2)13-11-19(12-14-25)23-17-20(7-10-22(23)24(26)28)18-5-8-21(9-6-18)27(3)15-16-29-4/h7,10-11,17-18,21H,5-6,8-9,12-16H2,1-4H3,(H2,26,28). The molecular formula is C25H38N2O2. The average Bonchev–Trinajstić information content (AvgIpc) is 2.71. The van der Waals surface area contributed by atoms with Gasteiger partial charge in [0.05, 0.1) is 6.61 Å². The maximum absolute atomic E-state index is 12.1. The van der Waals surface area contributed by atoms with Crippen LogP contribution in [0.2, 0.25) is 0 Å². The van der Waals surface area contributed by atoms with Crippen LogP contribution in [0.4, 0.5) is 0 Å². The van der Waals surface area contributed by atoms with E-state index in [-0.39, 0.29) is 5.91 Å². The summed E-state index contributed by atoms with van der Waals surface area (Å²) in [6.45, 7) is 6.41. The summed E-state index contributed by atoms with van der Waals surface area (Å²) in [5.74, 6) is 0.254. The molecule has 0 heterocycles. The Labute approximate surface area is 176 Å². The van der Waals surface area contributed by atoms with Gasteiger partial charge in [0.15, 0.2) is 0 Å². The van der Waals surface area contributed by atoms with Crippen LogP contribution in [0.15, 0.2) is 24.3 Å². The number of primary amides is 1. The molecule has 0 bridgehead atoms. The number of hydrogen-bond acceptors (Lipinski definition) is 3. The number of nitrogens with zero attached hydrogens (tertiary/aromatic N) is 1. The highest BCUT2D eigenvalue weighted by Crippen LogP contribution is 2.41. The number of carbonyl (C=O) groups is 1. The van der Waals surface area contributed by atoms with E-state index in [9.17, 15) is 4.79 Å². The van der Waals surface area contributed by atoms with E-state index in [1.54, 1.807) is 7.11 Å². The molecule has 1 aromatic carbocycles. The lowest BCUT2D eigenvalue weighted by Gasteiger charge is -2.35. The van der Waals surface area contributed by atoms with Crippen molar-refractivity contribution in [2.45, 2.75) is 70.8 Å². The van der Waals surface area contributed by atoms with Gasteiger partial charge in [0.25, 0.3) is 0 Å². The van der Waals surface area contributed by atoms with Crippen LogP contribution >= 0.6 is 0 Å². The Morgan fingerprint density at radius 1 is 1.24 bits per heavy atom. The molecule has 0 spiro atoms. The SMILES string of the molecule is COCCN(C)C1CCC(c2ccc(C(N)=O)c(C3=CCC(C)(C)CC3)c2)CC1. The van der Waals surface area contributed by atoms with Gasteiger partial charge in [-0.2, -0.15) is 0 Å². The van der Waals surface area contributed by atoms with Gasteiger partial charge in [0.1, 0.15) is 0 Å². The molecule has 4 heteroatoms. The van der Waals surface area contributed by atoms with Gasteiger partial charge in [-0.3, -0.25) is 4.79 Å². The van der Waals surface area contributed by atoms with Crippen LogP contribution in [-0.2, 0) is 4.74 Å². The molecule has 0 saturated heterocycles. The fourth-order valence-corrected chi connectivity index (χ4v) is 4.89. The Bertz CT molecular complexity index is 745. The zero-order valence-electron chi connectivity index (χ0n) is 18.7. The molecule has 1 saturated carbocycles. The van der Waals surface area contributed by atoms with E-state index >= 15 is 0 Å². The van der Waals surface area contributed by atoms with Crippen LogP contribution < -0.4 is 5.73 Å². The monoisotopic (exact) mass is 398 g/mol. The van der Waals surface area contributed by atoms with Gasteiger partial charge >= 0.3 is 0 Å². The number of likely N-dealkylation sites (N-methyl/N-ethyl adjacent to an activating group) is 1. The van der Waals surface area contributed by atoms with Crippen LogP contribution in [0.5, 0.6) is 0 Å². The Hall–Kier alpha value is -1.65. The van der Waals surface area contributed by atoms with Crippen LogP contribution in [0.25, 0.3) is 5.57 Å². The van der Waals surface area contributed by atoms with E-state index in [1.807, 2.05) is 6.07 Å². The lowest BCUT2D eigenvalue weighted by molar-refractivity contribution is 0.1000. The first-order valence-corrected chi connectivity index (χ1v) is 11.1. The summed E-state index contributed by atoms with van der Waals surface area (Å²) < 4.78 is 5.22. The van der Waals surface area contributed by atoms with Gasteiger partial charge in [0, 0.05) is 25.3 Å². The summed E-state index contributed by atoms with van der Waals surface area (Å²) in [5, 5.41) is 0. The van der Waals surface area contributed by atoms with Crippen LogP contribution in [0, 0.1) is 5.41 Å². The second-order valence-corrected chi connectivity index (χ2v) is 9.75. The first kappa shape index (κ1) is 22.0. The van der Waals surface area contributed by atoms with Gasteiger partial charge < -0.3 is 15.4 Å². The molecule has 0 unspecified atom stereocenters. The molecule has 0 atom stereocenters. The van der Waals surface area contributed by atoms with E-state index in [2.05, 4.69) is 44.0 Å². The first-order chi connectivity index (χ1) is 13.8. The number of benzene rings is 1. The molecule has 29 heavy (non-hydrogen) atoms. The Balaban J connectivity index is 1.75. The topological polar surface area (TPSA) is 55.6 Å². The molecule has 1 aromatic rings. The summed E-state index contributed by atoms with van der Waals surface area (Å²) in [6, 6.07) is 7.01. The highest BCUT2D eigenvalue weighted by Gasteiger charge is 2.27. The second kappa shape index (κ2) is 9.44. The van der Waals surface area contributed by atoms with Crippen molar-refractivity contribution >= 4 is 11.5 Å². The third-order valence-electron chi connectivity index (χ3n) is 7.07. The predicted octanol–water partition coefficient (Wildman–Crippen LogP) is 4.98. The number of nitrogens with two attached hydrogens (primary N) is 1. The number of allylic oxidation sites excluding steroid dienone is 2. The zero-order chi connectivity index (χ0) is 21.0. The van der Waals surface area contributed by atoms with E-state index in [1.165, 1.54) is 36.8 Å². The zero-order valence-corrected chi connectivity index (χ0v) is 18.7. The van der Waals surface area contributed by atoms with E-state index in [4.69, 9.17) is 10.5 Å². The first-order valence-electron chi connectivity index (χ1n) is 11.1. The summed E-state index contributed by atoms with van der Waals surface area (Å²) in [7, 11) is 3.97. The second-order valence-electron chi connectivity index (χ2n) is 9.75. The lowest BCUT2D eigenvalue weighted by Crippen LogP contribution is -2.36. The molecular weight excluding hydrogens is 360 g/mol. The van der Waals surface area contributed by atoms with Crippen molar-refractivity contribution < 1.29 is 9.53 Å². The molecule has 4 nitrogen and oxygen atoms in total.